The summed E-state index contributed by atoms with van der Waals surface area (Å²) in [5.41, 5.74) is 0.384. The second-order valence-corrected chi connectivity index (χ2v) is 7.06. The first-order chi connectivity index (χ1) is 12.1. The number of halogens is 1. The third kappa shape index (κ3) is 4.21. The van der Waals surface area contributed by atoms with Crippen LogP contribution in [0, 0.1) is 18.7 Å². The topological polar surface area (TPSA) is 67.3 Å². The fourth-order valence-electron chi connectivity index (χ4n) is 3.05. The van der Waals surface area contributed by atoms with Crippen molar-refractivity contribution in [3.05, 3.63) is 23.7 Å². The number of aromatic nitrogens is 4. The maximum atomic E-state index is 14.2. The van der Waals surface area contributed by atoms with Gasteiger partial charge in [0.2, 0.25) is 5.13 Å². The molecule has 0 saturated carbocycles. The van der Waals surface area contributed by atoms with Crippen LogP contribution in [0.1, 0.15) is 24.4 Å². The molecule has 0 amide bonds. The number of anilines is 2. The molecule has 1 aliphatic heterocycles. The third-order valence-corrected chi connectivity index (χ3v) is 5.27. The lowest BCUT2D eigenvalue weighted by atomic mass is 9.96. The van der Waals surface area contributed by atoms with Crippen LogP contribution >= 0.6 is 11.5 Å². The lowest BCUT2D eigenvalue weighted by molar-refractivity contribution is 0.179. The summed E-state index contributed by atoms with van der Waals surface area (Å²) in [5, 5.41) is 0.955. The monoisotopic (exact) mass is 366 g/mol. The lowest BCUT2D eigenvalue weighted by Gasteiger charge is -2.33. The summed E-state index contributed by atoms with van der Waals surface area (Å²) >= 11 is 1.42. The second-order valence-electron chi connectivity index (χ2n) is 6.33. The predicted molar refractivity (Wildman–Crippen MR) is 95.6 cm³/mol. The van der Waals surface area contributed by atoms with Crippen LogP contribution in [0.2, 0.25) is 0 Å². The summed E-state index contributed by atoms with van der Waals surface area (Å²) in [5.74, 6) is 1.28. The minimum Gasteiger partial charge on any atom is -0.377 e. The molecule has 0 unspecified atom stereocenters. The van der Waals surface area contributed by atoms with E-state index in [9.17, 15) is 4.39 Å². The molecule has 0 radical (unpaired) electrons. The molecule has 0 aromatic carbocycles. The number of nitrogens with zero attached hydrogens (tertiary/aromatic N) is 6. The Morgan fingerprint density at radius 3 is 2.84 bits per heavy atom. The van der Waals surface area contributed by atoms with Gasteiger partial charge in [-0.25, -0.2) is 19.3 Å². The van der Waals surface area contributed by atoms with Crippen LogP contribution in [-0.2, 0) is 11.3 Å². The molecule has 2 aromatic heterocycles. The largest absolute Gasteiger partial charge is 0.377 e. The summed E-state index contributed by atoms with van der Waals surface area (Å²) in [7, 11) is 3.53. The van der Waals surface area contributed by atoms with Crippen LogP contribution in [0.15, 0.2) is 6.33 Å². The van der Waals surface area contributed by atoms with E-state index in [-0.39, 0.29) is 5.82 Å². The molecular formula is C16H23FN6OS. The molecular weight excluding hydrogens is 343 g/mol. The van der Waals surface area contributed by atoms with Gasteiger partial charge in [-0.05, 0) is 25.7 Å². The fourth-order valence-corrected chi connectivity index (χ4v) is 3.78. The Morgan fingerprint density at radius 2 is 2.12 bits per heavy atom. The minimum absolute atomic E-state index is 0.332. The number of piperidine rings is 1. The number of methoxy groups -OCH3 is 1. The Bertz CT molecular complexity index is 704. The highest BCUT2D eigenvalue weighted by Gasteiger charge is 2.24. The Hall–Kier alpha value is -1.87. The average molecular weight is 366 g/mol. The van der Waals surface area contributed by atoms with E-state index >= 15 is 0 Å². The number of aryl methyl sites for hydroxylation is 1. The summed E-state index contributed by atoms with van der Waals surface area (Å²) in [6.45, 7) is 4.76. The third-order valence-electron chi connectivity index (χ3n) is 4.45. The quantitative estimate of drug-likeness (QED) is 0.777. The zero-order valence-corrected chi connectivity index (χ0v) is 15.6. The van der Waals surface area contributed by atoms with Crippen molar-refractivity contribution < 1.29 is 9.13 Å². The molecule has 0 aliphatic carbocycles. The van der Waals surface area contributed by atoms with Crippen LogP contribution in [0.4, 0.5) is 15.3 Å². The molecule has 9 heteroatoms. The van der Waals surface area contributed by atoms with Gasteiger partial charge in [0.05, 0.1) is 5.69 Å². The molecule has 2 aromatic rings. The van der Waals surface area contributed by atoms with Crippen molar-refractivity contribution >= 4 is 22.5 Å². The Labute approximate surface area is 151 Å². The molecule has 3 rings (SSSR count). The first-order valence-corrected chi connectivity index (χ1v) is 9.10. The van der Waals surface area contributed by atoms with Gasteiger partial charge in [0.1, 0.15) is 12.9 Å². The van der Waals surface area contributed by atoms with Gasteiger partial charge in [-0.15, -0.1) is 0 Å². The van der Waals surface area contributed by atoms with E-state index < -0.39 is 0 Å². The van der Waals surface area contributed by atoms with E-state index in [1.807, 2.05) is 11.9 Å². The van der Waals surface area contributed by atoms with Crippen LogP contribution in [-0.4, -0.2) is 53.1 Å². The zero-order chi connectivity index (χ0) is 17.8. The fraction of sp³-hybridized carbons (Fsp3) is 0.625. The van der Waals surface area contributed by atoms with Crippen LogP contribution in [0.25, 0.3) is 0 Å². The number of ether oxygens (including phenoxy) is 1. The summed E-state index contributed by atoms with van der Waals surface area (Å²) in [6, 6.07) is 0. The van der Waals surface area contributed by atoms with Crippen LogP contribution in [0.5, 0.6) is 0 Å². The summed E-state index contributed by atoms with van der Waals surface area (Å²) in [4.78, 5) is 16.6. The molecule has 1 saturated heterocycles. The maximum Gasteiger partial charge on any atom is 0.205 e. The SMILES string of the molecule is COCc1nsc(N2CCC(CN(C)c3ncnc(C)c3F)CC2)n1. The Balaban J connectivity index is 1.54. The van der Waals surface area contributed by atoms with Gasteiger partial charge in [0.15, 0.2) is 17.5 Å². The molecule has 0 bridgehead atoms. The molecule has 25 heavy (non-hydrogen) atoms. The first-order valence-electron chi connectivity index (χ1n) is 8.33. The Kier molecular flexibility index (Phi) is 5.74. The molecule has 7 nitrogen and oxygen atoms in total. The van der Waals surface area contributed by atoms with Crippen LogP contribution < -0.4 is 9.80 Å². The van der Waals surface area contributed by atoms with E-state index in [4.69, 9.17) is 4.74 Å². The van der Waals surface area contributed by atoms with Gasteiger partial charge in [0.25, 0.3) is 0 Å². The molecule has 0 spiro atoms. The molecule has 3 heterocycles. The smallest absolute Gasteiger partial charge is 0.205 e. The number of hydrogen-bond acceptors (Lipinski definition) is 8. The van der Waals surface area contributed by atoms with Gasteiger partial charge < -0.3 is 14.5 Å². The highest BCUT2D eigenvalue weighted by molar-refractivity contribution is 7.09. The molecule has 136 valence electrons. The zero-order valence-electron chi connectivity index (χ0n) is 14.8. The van der Waals surface area contributed by atoms with Crippen molar-refractivity contribution in [2.24, 2.45) is 5.92 Å². The van der Waals surface area contributed by atoms with Gasteiger partial charge in [-0.1, -0.05) is 0 Å². The highest BCUT2D eigenvalue weighted by atomic mass is 32.1. The molecule has 1 aliphatic rings. The summed E-state index contributed by atoms with van der Waals surface area (Å²) < 4.78 is 23.5. The van der Waals surface area contributed by atoms with Gasteiger partial charge in [0, 0.05) is 45.3 Å². The van der Waals surface area contributed by atoms with E-state index in [0.717, 1.165) is 43.4 Å². The number of hydrogen-bond donors (Lipinski definition) is 0. The minimum atomic E-state index is -0.332. The van der Waals surface area contributed by atoms with Crippen molar-refractivity contribution in [1.82, 2.24) is 19.3 Å². The molecule has 0 atom stereocenters. The maximum absolute atomic E-state index is 14.2. The Morgan fingerprint density at radius 1 is 1.36 bits per heavy atom. The molecule has 0 N–H and O–H groups in total. The van der Waals surface area contributed by atoms with Crippen LogP contribution in [0.3, 0.4) is 0 Å². The highest BCUT2D eigenvalue weighted by Crippen LogP contribution is 2.26. The van der Waals surface area contributed by atoms with Crippen molar-refractivity contribution in [3.8, 4) is 0 Å². The van der Waals surface area contributed by atoms with Crippen molar-refractivity contribution in [1.29, 1.82) is 0 Å². The van der Waals surface area contributed by atoms with Gasteiger partial charge in [-0.2, -0.15) is 4.37 Å². The van der Waals surface area contributed by atoms with Crippen molar-refractivity contribution in [3.63, 3.8) is 0 Å². The normalized spacial score (nSPS) is 15.6. The predicted octanol–water partition coefficient (Wildman–Crippen LogP) is 2.27. The van der Waals surface area contributed by atoms with Crippen molar-refractivity contribution in [2.45, 2.75) is 26.4 Å². The van der Waals surface area contributed by atoms with Gasteiger partial charge in [-0.3, -0.25) is 0 Å². The number of rotatable bonds is 6. The van der Waals surface area contributed by atoms with E-state index in [1.165, 1.54) is 17.9 Å². The van der Waals surface area contributed by atoms with E-state index in [2.05, 4.69) is 24.2 Å². The van der Waals surface area contributed by atoms with E-state index in [1.54, 1.807) is 14.0 Å². The van der Waals surface area contributed by atoms with Crippen molar-refractivity contribution in [2.75, 3.05) is 43.6 Å². The molecule has 1 fully saturated rings. The lowest BCUT2D eigenvalue weighted by Crippen LogP contribution is -2.38. The second kappa shape index (κ2) is 8.01. The first kappa shape index (κ1) is 17.9. The standard InChI is InChI=1S/C16H23FN6OS/c1-11-14(17)15(19-10-18-11)22(2)8-12-4-6-23(7-5-12)16-20-13(9-24-3)21-25-16/h10,12H,4-9H2,1-3H3. The van der Waals surface area contributed by atoms with Gasteiger partial charge >= 0.3 is 0 Å². The average Bonchev–Trinajstić information content (AvgIpc) is 3.07. The van der Waals surface area contributed by atoms with E-state index in [0.29, 0.717) is 24.0 Å². The summed E-state index contributed by atoms with van der Waals surface area (Å²) in [6.07, 6.45) is 3.49.